The summed E-state index contributed by atoms with van der Waals surface area (Å²) in [5, 5.41) is 22.2. The van der Waals surface area contributed by atoms with Gasteiger partial charge >= 0.3 is 0 Å². The quantitative estimate of drug-likeness (QED) is 0.168. The van der Waals surface area contributed by atoms with Crippen LogP contribution in [-0.2, 0) is 13.2 Å². The van der Waals surface area contributed by atoms with Crippen LogP contribution < -0.4 is 28.4 Å². The molecular weight excluding hydrogens is 536 g/mol. The van der Waals surface area contributed by atoms with Crippen molar-refractivity contribution in [3.63, 3.8) is 0 Å². The number of methoxy groups -OCH3 is 4. The van der Waals surface area contributed by atoms with E-state index < -0.39 is 12.2 Å². The fraction of sp³-hybridized carbons (Fsp3) is 0.294. The Kier molecular flexibility index (Phi) is 10.9. The van der Waals surface area contributed by atoms with E-state index in [0.29, 0.717) is 58.8 Å². The molecule has 2 unspecified atom stereocenters. The lowest BCUT2D eigenvalue weighted by Gasteiger charge is -2.20. The van der Waals surface area contributed by atoms with Crippen LogP contribution in [0.25, 0.3) is 0 Å². The number of hydrogen-bond acceptors (Lipinski definition) is 8. The second kappa shape index (κ2) is 15.0. The molecule has 0 saturated carbocycles. The average molecular weight is 575 g/mol. The lowest BCUT2D eigenvalue weighted by Crippen LogP contribution is -2.07. The Morgan fingerprint density at radius 2 is 0.857 bits per heavy atom. The van der Waals surface area contributed by atoms with E-state index in [9.17, 15) is 10.2 Å². The molecule has 8 heteroatoms. The highest BCUT2D eigenvalue weighted by Crippen LogP contribution is 2.43. The Balaban J connectivity index is 1.49. The van der Waals surface area contributed by atoms with Crippen LogP contribution in [-0.4, -0.2) is 38.7 Å². The maximum atomic E-state index is 11.1. The molecule has 0 spiro atoms. The van der Waals surface area contributed by atoms with Gasteiger partial charge in [0, 0.05) is 0 Å². The van der Waals surface area contributed by atoms with Gasteiger partial charge in [-0.2, -0.15) is 0 Å². The summed E-state index contributed by atoms with van der Waals surface area (Å²) in [5.41, 5.74) is 3.16. The molecule has 222 valence electrons. The summed E-state index contributed by atoms with van der Waals surface area (Å²) in [6.07, 6.45) is -1.26. The Morgan fingerprint density at radius 3 is 1.19 bits per heavy atom. The van der Waals surface area contributed by atoms with E-state index >= 15 is 0 Å². The summed E-state index contributed by atoms with van der Waals surface area (Å²) >= 11 is 0. The second-order valence-electron chi connectivity index (χ2n) is 9.67. The lowest BCUT2D eigenvalue weighted by molar-refractivity contribution is 0.114. The Labute approximate surface area is 247 Å². The third-order valence-corrected chi connectivity index (χ3v) is 6.89. The van der Waals surface area contributed by atoms with Crippen molar-refractivity contribution in [1.29, 1.82) is 0 Å². The number of ether oxygens (including phenoxy) is 6. The third-order valence-electron chi connectivity index (χ3n) is 6.89. The van der Waals surface area contributed by atoms with Gasteiger partial charge in [0.05, 0.1) is 40.6 Å². The summed E-state index contributed by atoms with van der Waals surface area (Å²) in [6.45, 7) is 0.652. The van der Waals surface area contributed by atoms with E-state index in [1.54, 1.807) is 38.5 Å². The van der Waals surface area contributed by atoms with E-state index in [4.69, 9.17) is 28.4 Å². The van der Waals surface area contributed by atoms with Gasteiger partial charge in [-0.05, 0) is 59.4 Å². The molecule has 0 aliphatic carbocycles. The zero-order valence-corrected chi connectivity index (χ0v) is 24.4. The van der Waals surface area contributed by atoms with Gasteiger partial charge in [0.15, 0.2) is 23.0 Å². The molecule has 0 aliphatic rings. The lowest BCUT2D eigenvalue weighted by atomic mass is 9.98. The molecule has 4 rings (SSSR count). The number of rotatable bonds is 15. The summed E-state index contributed by atoms with van der Waals surface area (Å²) in [6, 6.07) is 26.5. The van der Waals surface area contributed by atoms with Crippen molar-refractivity contribution in [3.05, 3.63) is 107 Å². The molecule has 0 heterocycles. The first-order valence-electron chi connectivity index (χ1n) is 13.7. The van der Waals surface area contributed by atoms with Crippen molar-refractivity contribution in [1.82, 2.24) is 0 Å². The zero-order valence-electron chi connectivity index (χ0n) is 24.4. The van der Waals surface area contributed by atoms with Crippen LogP contribution in [0, 0.1) is 0 Å². The summed E-state index contributed by atoms with van der Waals surface area (Å²) in [5.74, 6) is 2.68. The number of aliphatic hydroxyl groups excluding tert-OH is 2. The average Bonchev–Trinajstić information content (AvgIpc) is 3.04. The molecule has 0 saturated heterocycles. The van der Waals surface area contributed by atoms with Crippen LogP contribution in [0.4, 0.5) is 0 Å². The zero-order chi connectivity index (χ0) is 29.9. The van der Waals surface area contributed by atoms with E-state index in [1.165, 1.54) is 14.2 Å². The molecule has 0 aromatic heterocycles. The highest BCUT2D eigenvalue weighted by molar-refractivity contribution is 5.55. The molecule has 2 atom stereocenters. The maximum absolute atomic E-state index is 11.1. The molecule has 0 bridgehead atoms. The van der Waals surface area contributed by atoms with Crippen molar-refractivity contribution in [3.8, 4) is 34.5 Å². The molecule has 0 fully saturated rings. The molecule has 0 amide bonds. The summed E-state index contributed by atoms with van der Waals surface area (Å²) in [4.78, 5) is 0. The minimum Gasteiger partial charge on any atom is -0.493 e. The van der Waals surface area contributed by atoms with Crippen LogP contribution in [0.15, 0.2) is 84.9 Å². The monoisotopic (exact) mass is 574 g/mol. The minimum atomic E-state index is -0.896. The predicted molar refractivity (Wildman–Crippen MR) is 160 cm³/mol. The van der Waals surface area contributed by atoms with Crippen LogP contribution in [0.5, 0.6) is 34.5 Å². The molecule has 42 heavy (non-hydrogen) atoms. The largest absolute Gasteiger partial charge is 0.493 e. The summed E-state index contributed by atoms with van der Waals surface area (Å²) < 4.78 is 34.2. The van der Waals surface area contributed by atoms with Gasteiger partial charge in [-0.15, -0.1) is 0 Å². The number of aliphatic hydroxyl groups is 2. The van der Waals surface area contributed by atoms with E-state index in [0.717, 1.165) is 11.1 Å². The summed E-state index contributed by atoms with van der Waals surface area (Å²) in [7, 11) is 6.15. The highest BCUT2D eigenvalue weighted by atomic mass is 16.5. The smallest absolute Gasteiger partial charge is 0.203 e. The molecule has 4 aromatic carbocycles. The Bertz CT molecular complexity index is 1300. The van der Waals surface area contributed by atoms with Gasteiger partial charge in [0.25, 0.3) is 0 Å². The standard InChI is InChI=1S/C34H38O8/c1-37-29-17-25(19-31(33(29)39-3)41-21-23-11-7-5-8-12-23)27(35)15-16-28(36)26-18-30(38-2)34(40-4)32(20-26)42-22-24-13-9-6-10-14-24/h5-14,17-20,27-28,35-36H,15-16,21-22H2,1-4H3. The van der Waals surface area contributed by atoms with Crippen LogP contribution in [0.3, 0.4) is 0 Å². The first kappa shape index (κ1) is 30.6. The van der Waals surface area contributed by atoms with Crippen molar-refractivity contribution < 1.29 is 38.6 Å². The minimum absolute atomic E-state index is 0.267. The normalized spacial score (nSPS) is 12.2. The maximum Gasteiger partial charge on any atom is 0.203 e. The van der Waals surface area contributed by atoms with Gasteiger partial charge in [0.1, 0.15) is 13.2 Å². The fourth-order valence-corrected chi connectivity index (χ4v) is 4.62. The van der Waals surface area contributed by atoms with Crippen molar-refractivity contribution in [2.24, 2.45) is 0 Å². The first-order chi connectivity index (χ1) is 20.5. The molecular formula is C34H38O8. The molecule has 0 radical (unpaired) electrons. The predicted octanol–water partition coefficient (Wildman–Crippen LogP) is 6.43. The van der Waals surface area contributed by atoms with Gasteiger partial charge in [-0.25, -0.2) is 0 Å². The Morgan fingerprint density at radius 1 is 0.500 bits per heavy atom. The van der Waals surface area contributed by atoms with Crippen molar-refractivity contribution in [2.75, 3.05) is 28.4 Å². The van der Waals surface area contributed by atoms with E-state index in [-0.39, 0.29) is 12.8 Å². The van der Waals surface area contributed by atoms with Crippen LogP contribution >= 0.6 is 0 Å². The second-order valence-corrected chi connectivity index (χ2v) is 9.67. The number of benzene rings is 4. The molecule has 0 aliphatic heterocycles. The van der Waals surface area contributed by atoms with Gasteiger partial charge in [-0.3, -0.25) is 0 Å². The SMILES string of the molecule is COc1cc(C(O)CCC(O)c2cc(OC)c(OC)c(OCc3ccccc3)c2)cc(OCc2ccccc2)c1OC. The topological polar surface area (TPSA) is 95.8 Å². The van der Waals surface area contributed by atoms with E-state index in [2.05, 4.69) is 0 Å². The van der Waals surface area contributed by atoms with Gasteiger partial charge in [0.2, 0.25) is 11.5 Å². The molecule has 8 nitrogen and oxygen atoms in total. The number of hydrogen-bond donors (Lipinski definition) is 2. The first-order valence-corrected chi connectivity index (χ1v) is 13.7. The molecule has 2 N–H and O–H groups in total. The van der Waals surface area contributed by atoms with Crippen molar-refractivity contribution >= 4 is 0 Å². The third kappa shape index (κ3) is 7.66. The van der Waals surface area contributed by atoms with Crippen LogP contribution in [0.1, 0.15) is 47.3 Å². The van der Waals surface area contributed by atoms with Gasteiger partial charge in [-0.1, -0.05) is 60.7 Å². The van der Waals surface area contributed by atoms with E-state index in [1.807, 2.05) is 60.7 Å². The highest BCUT2D eigenvalue weighted by Gasteiger charge is 2.22. The van der Waals surface area contributed by atoms with Crippen molar-refractivity contribution in [2.45, 2.75) is 38.3 Å². The Hall–Kier alpha value is -4.40. The van der Waals surface area contributed by atoms with Crippen LogP contribution in [0.2, 0.25) is 0 Å². The fourth-order valence-electron chi connectivity index (χ4n) is 4.62. The molecule has 4 aromatic rings. The van der Waals surface area contributed by atoms with Gasteiger partial charge < -0.3 is 38.6 Å².